The molecule has 0 aliphatic carbocycles. The van der Waals surface area contributed by atoms with Crippen molar-refractivity contribution in [2.75, 3.05) is 6.61 Å². The average molecular weight is 464 g/mol. The molecule has 2 aromatic heterocycles. The standard InChI is InChI=1S/C27H27NO4S/c1-19-28-27(21-14-12-20(13-15-21)23-10-7-17-32-23)25(33-19)18-22-8-4-5-9-24(22)31-16-6-2-3-11-26(29)30/h4-5,7-10,12-15,17H,2-3,6,11,16,18H2,1H3,(H,29,30)/i18D2. The first-order valence-corrected chi connectivity index (χ1v) is 11.7. The third kappa shape index (κ3) is 6.11. The van der Waals surface area contributed by atoms with E-state index in [0.717, 1.165) is 28.3 Å². The molecule has 4 rings (SSSR count). The number of furan rings is 1. The molecule has 0 radical (unpaired) electrons. The summed E-state index contributed by atoms with van der Waals surface area (Å²) in [7, 11) is 0. The van der Waals surface area contributed by atoms with Crippen LogP contribution in [0.25, 0.3) is 22.6 Å². The zero-order valence-corrected chi connectivity index (χ0v) is 19.2. The Morgan fingerprint density at radius 1 is 1.06 bits per heavy atom. The molecular weight excluding hydrogens is 434 g/mol. The number of hydrogen-bond donors (Lipinski definition) is 1. The van der Waals surface area contributed by atoms with E-state index in [1.165, 1.54) is 11.3 Å². The summed E-state index contributed by atoms with van der Waals surface area (Å²) in [6.45, 7) is 2.28. The molecule has 2 heterocycles. The first-order chi connectivity index (χ1) is 16.9. The van der Waals surface area contributed by atoms with Crippen LogP contribution in [0.3, 0.4) is 0 Å². The molecule has 170 valence electrons. The summed E-state index contributed by atoms with van der Waals surface area (Å²) in [6.07, 6.45) is 2.01. The molecule has 2 aromatic carbocycles. The lowest BCUT2D eigenvalue weighted by molar-refractivity contribution is -0.137. The maximum absolute atomic E-state index is 10.7. The first-order valence-electron chi connectivity index (χ1n) is 11.9. The van der Waals surface area contributed by atoms with Gasteiger partial charge in [-0.3, -0.25) is 4.79 Å². The topological polar surface area (TPSA) is 72.6 Å². The highest BCUT2D eigenvalue weighted by atomic mass is 32.1. The molecule has 0 unspecified atom stereocenters. The largest absolute Gasteiger partial charge is 0.493 e. The molecule has 0 atom stereocenters. The molecule has 4 aromatic rings. The molecule has 0 spiro atoms. The second kappa shape index (κ2) is 11.0. The smallest absolute Gasteiger partial charge is 0.303 e. The molecule has 0 bridgehead atoms. The van der Waals surface area contributed by atoms with Gasteiger partial charge >= 0.3 is 5.97 Å². The molecule has 0 fully saturated rings. The highest BCUT2D eigenvalue weighted by Gasteiger charge is 2.15. The zero-order chi connectivity index (χ0) is 24.8. The van der Waals surface area contributed by atoms with Crippen molar-refractivity contribution in [1.29, 1.82) is 0 Å². The van der Waals surface area contributed by atoms with Crippen LogP contribution in [0.2, 0.25) is 0 Å². The normalized spacial score (nSPS) is 12.3. The minimum absolute atomic E-state index is 0.148. The average Bonchev–Trinajstić information content (AvgIpc) is 3.52. The second-order valence-corrected chi connectivity index (χ2v) is 8.84. The van der Waals surface area contributed by atoms with Crippen molar-refractivity contribution in [3.63, 3.8) is 0 Å². The molecule has 0 saturated heterocycles. The number of ether oxygens (including phenoxy) is 1. The molecule has 0 aliphatic rings. The number of aromatic nitrogens is 1. The quantitative estimate of drug-likeness (QED) is 0.243. The van der Waals surface area contributed by atoms with E-state index in [2.05, 4.69) is 4.98 Å². The number of carboxylic acids is 1. The Balaban J connectivity index is 1.56. The fraction of sp³-hybridized carbons (Fsp3) is 0.259. The highest BCUT2D eigenvalue weighted by Crippen LogP contribution is 2.33. The summed E-state index contributed by atoms with van der Waals surface area (Å²) in [4.78, 5) is 15.9. The summed E-state index contributed by atoms with van der Waals surface area (Å²) in [5, 5.41) is 9.55. The lowest BCUT2D eigenvalue weighted by atomic mass is 10.0. The van der Waals surface area contributed by atoms with Crippen LogP contribution in [0.1, 0.15) is 43.9 Å². The maximum atomic E-state index is 10.7. The Morgan fingerprint density at radius 3 is 2.61 bits per heavy atom. The Labute approximate surface area is 200 Å². The SMILES string of the molecule is [2H]C([2H])(c1ccccc1OCCCCCC(=O)O)c1sc(C)nc1-c1ccc(-c2ccco2)cc1. The number of hydrogen-bond acceptors (Lipinski definition) is 5. The van der Waals surface area contributed by atoms with Crippen LogP contribution in [0.5, 0.6) is 5.75 Å². The fourth-order valence-corrected chi connectivity index (χ4v) is 4.35. The van der Waals surface area contributed by atoms with Gasteiger partial charge in [0.2, 0.25) is 0 Å². The van der Waals surface area contributed by atoms with Crippen molar-refractivity contribution in [1.82, 2.24) is 4.98 Å². The molecule has 5 nitrogen and oxygen atoms in total. The van der Waals surface area contributed by atoms with Crippen LogP contribution in [0.4, 0.5) is 0 Å². The van der Waals surface area contributed by atoms with Crippen molar-refractivity contribution < 1.29 is 21.8 Å². The first kappa shape index (κ1) is 20.2. The Bertz CT molecular complexity index is 1270. The summed E-state index contributed by atoms with van der Waals surface area (Å²) in [6, 6.07) is 18.7. The van der Waals surface area contributed by atoms with Gasteiger partial charge in [-0.15, -0.1) is 11.3 Å². The summed E-state index contributed by atoms with van der Waals surface area (Å²) >= 11 is 1.34. The Kier molecular flexibility index (Phi) is 6.73. The number of aliphatic carboxylic acids is 1. The number of thiazole rings is 1. The number of aryl methyl sites for hydroxylation is 1. The monoisotopic (exact) mass is 463 g/mol. The van der Waals surface area contributed by atoms with Crippen LogP contribution < -0.4 is 4.74 Å². The van der Waals surface area contributed by atoms with Crippen LogP contribution in [0.15, 0.2) is 71.3 Å². The van der Waals surface area contributed by atoms with Crippen molar-refractivity contribution in [2.24, 2.45) is 0 Å². The van der Waals surface area contributed by atoms with Crippen LogP contribution in [0, 0.1) is 6.92 Å². The van der Waals surface area contributed by atoms with Gasteiger partial charge in [0.15, 0.2) is 0 Å². The van der Waals surface area contributed by atoms with Gasteiger partial charge in [0.1, 0.15) is 11.5 Å². The predicted molar refractivity (Wildman–Crippen MR) is 131 cm³/mol. The summed E-state index contributed by atoms with van der Waals surface area (Å²) in [5.74, 6) is 0.465. The van der Waals surface area contributed by atoms with Gasteiger partial charge in [0.05, 0.1) is 23.6 Å². The van der Waals surface area contributed by atoms with Gasteiger partial charge in [0.25, 0.3) is 0 Å². The Morgan fingerprint density at radius 2 is 1.85 bits per heavy atom. The van der Waals surface area contributed by atoms with E-state index >= 15 is 0 Å². The minimum Gasteiger partial charge on any atom is -0.493 e. The van der Waals surface area contributed by atoms with Crippen molar-refractivity contribution in [3.8, 4) is 28.3 Å². The lowest BCUT2D eigenvalue weighted by Gasteiger charge is -2.11. The number of rotatable bonds is 11. The molecule has 0 saturated carbocycles. The van der Waals surface area contributed by atoms with E-state index in [0.29, 0.717) is 41.3 Å². The molecule has 0 amide bonds. The fourth-order valence-electron chi connectivity index (χ4n) is 3.50. The molecule has 6 heteroatoms. The number of carboxylic acid groups (broad SMARTS) is 1. The van der Waals surface area contributed by atoms with Crippen LogP contribution >= 0.6 is 11.3 Å². The lowest BCUT2D eigenvalue weighted by Crippen LogP contribution is -2.01. The highest BCUT2D eigenvalue weighted by molar-refractivity contribution is 7.12. The molecular formula is C27H27NO4S. The van der Waals surface area contributed by atoms with Gasteiger partial charge in [-0.25, -0.2) is 4.98 Å². The second-order valence-electron chi connectivity index (χ2n) is 7.64. The van der Waals surface area contributed by atoms with E-state index < -0.39 is 12.3 Å². The van der Waals surface area contributed by atoms with Crippen LogP contribution in [-0.4, -0.2) is 22.7 Å². The molecule has 1 N–H and O–H groups in total. The van der Waals surface area contributed by atoms with Gasteiger partial charge in [0, 0.05) is 31.5 Å². The van der Waals surface area contributed by atoms with Crippen molar-refractivity contribution >= 4 is 17.3 Å². The van der Waals surface area contributed by atoms with Crippen molar-refractivity contribution in [3.05, 3.63) is 82.4 Å². The summed E-state index contributed by atoms with van der Waals surface area (Å²) < 4.78 is 29.6. The Hall–Kier alpha value is -3.38. The third-order valence-electron chi connectivity index (χ3n) is 5.13. The number of benzene rings is 2. The van der Waals surface area contributed by atoms with Gasteiger partial charge in [-0.1, -0.05) is 42.5 Å². The maximum Gasteiger partial charge on any atom is 0.303 e. The molecule has 0 aliphatic heterocycles. The number of para-hydroxylation sites is 1. The van der Waals surface area contributed by atoms with E-state index in [9.17, 15) is 4.79 Å². The van der Waals surface area contributed by atoms with Gasteiger partial charge in [-0.2, -0.15) is 0 Å². The van der Waals surface area contributed by atoms with E-state index in [1.54, 1.807) is 24.5 Å². The van der Waals surface area contributed by atoms with E-state index in [1.807, 2.05) is 49.4 Å². The number of carbonyl (C=O) groups is 1. The number of unbranched alkanes of at least 4 members (excludes halogenated alkanes) is 2. The van der Waals surface area contributed by atoms with E-state index in [-0.39, 0.29) is 6.42 Å². The van der Waals surface area contributed by atoms with Crippen molar-refractivity contribution in [2.45, 2.75) is 39.0 Å². The van der Waals surface area contributed by atoms with E-state index in [4.69, 9.17) is 17.0 Å². The third-order valence-corrected chi connectivity index (χ3v) is 6.01. The van der Waals surface area contributed by atoms with Gasteiger partial charge < -0.3 is 14.3 Å². The summed E-state index contributed by atoms with van der Waals surface area (Å²) in [5.41, 5.74) is 2.84. The van der Waals surface area contributed by atoms with Crippen LogP contribution in [-0.2, 0) is 11.2 Å². The van der Waals surface area contributed by atoms with Gasteiger partial charge in [-0.05, 0) is 49.9 Å². The number of nitrogens with zero attached hydrogens (tertiary/aromatic N) is 1. The zero-order valence-electron chi connectivity index (χ0n) is 20.4. The minimum atomic E-state index is -1.82. The molecule has 33 heavy (non-hydrogen) atoms. The predicted octanol–water partition coefficient (Wildman–Crippen LogP) is 6.99.